The minimum atomic E-state index is 0.401. The van der Waals surface area contributed by atoms with Gasteiger partial charge in [0.05, 0.1) is 5.52 Å². The molecule has 0 bridgehead atoms. The van der Waals surface area contributed by atoms with Crippen LogP contribution >= 0.6 is 11.8 Å². The van der Waals surface area contributed by atoms with Gasteiger partial charge in [-0.3, -0.25) is 4.98 Å². The van der Waals surface area contributed by atoms with Crippen LogP contribution < -0.4 is 5.32 Å². The highest BCUT2D eigenvalue weighted by molar-refractivity contribution is 7.99. The van der Waals surface area contributed by atoms with Crippen LogP contribution in [-0.4, -0.2) is 23.0 Å². The van der Waals surface area contributed by atoms with Gasteiger partial charge >= 0.3 is 0 Å². The molecular formula is C17H22N2S. The fourth-order valence-corrected chi connectivity index (χ4v) is 4.40. The van der Waals surface area contributed by atoms with Crippen LogP contribution in [0, 0.1) is 0 Å². The first kappa shape index (κ1) is 13.9. The molecule has 1 aromatic carbocycles. The summed E-state index contributed by atoms with van der Waals surface area (Å²) in [6.07, 6.45) is 7.66. The van der Waals surface area contributed by atoms with Crippen LogP contribution in [0.15, 0.2) is 36.5 Å². The van der Waals surface area contributed by atoms with Gasteiger partial charge < -0.3 is 5.32 Å². The number of para-hydroxylation sites is 1. The summed E-state index contributed by atoms with van der Waals surface area (Å²) in [5, 5.41) is 5.55. The van der Waals surface area contributed by atoms with Crippen LogP contribution in [0.2, 0.25) is 0 Å². The molecule has 0 aliphatic heterocycles. The highest BCUT2D eigenvalue weighted by Crippen LogP contribution is 2.32. The second-order valence-corrected chi connectivity index (χ2v) is 6.88. The summed E-state index contributed by atoms with van der Waals surface area (Å²) in [5.41, 5.74) is 2.38. The van der Waals surface area contributed by atoms with Gasteiger partial charge in [0.1, 0.15) is 0 Å². The Hall–Kier alpha value is -1.06. The Kier molecular flexibility index (Phi) is 4.58. The van der Waals surface area contributed by atoms with Gasteiger partial charge in [-0.15, -0.1) is 0 Å². The highest BCUT2D eigenvalue weighted by atomic mass is 32.2. The third-order valence-corrected chi connectivity index (χ3v) is 5.63. The zero-order valence-electron chi connectivity index (χ0n) is 12.0. The largest absolute Gasteiger partial charge is 0.312 e. The van der Waals surface area contributed by atoms with Crippen LogP contribution in [-0.2, 0) is 0 Å². The summed E-state index contributed by atoms with van der Waals surface area (Å²) in [6, 6.07) is 11.0. The highest BCUT2D eigenvalue weighted by Gasteiger charge is 2.18. The fraction of sp³-hybridized carbons (Fsp3) is 0.471. The van der Waals surface area contributed by atoms with Gasteiger partial charge in [-0.25, -0.2) is 0 Å². The van der Waals surface area contributed by atoms with Crippen molar-refractivity contribution < 1.29 is 0 Å². The number of nitrogens with zero attached hydrogens (tertiary/aromatic N) is 1. The quantitative estimate of drug-likeness (QED) is 0.893. The van der Waals surface area contributed by atoms with E-state index in [0.717, 1.165) is 16.5 Å². The van der Waals surface area contributed by atoms with E-state index in [1.807, 2.05) is 12.3 Å². The standard InChI is InChI=1S/C17H22N2S/c1-18-17(12-20-15-7-3-4-8-15)14-10-13-6-2-5-9-16(13)19-11-14/h2,5-6,9-11,15,17-18H,3-4,7-8,12H2,1H3. The Morgan fingerprint density at radius 2 is 2.10 bits per heavy atom. The van der Waals surface area contributed by atoms with Gasteiger partial charge in [-0.2, -0.15) is 11.8 Å². The number of nitrogens with one attached hydrogen (secondary N) is 1. The van der Waals surface area contributed by atoms with Crippen molar-refractivity contribution in [3.05, 3.63) is 42.1 Å². The molecule has 1 saturated carbocycles. The molecule has 3 rings (SSSR count). The Balaban J connectivity index is 1.72. The van der Waals surface area contributed by atoms with Gasteiger partial charge in [0.2, 0.25) is 0 Å². The van der Waals surface area contributed by atoms with Crippen molar-refractivity contribution in [3.63, 3.8) is 0 Å². The first-order valence-electron chi connectivity index (χ1n) is 7.50. The summed E-state index contributed by atoms with van der Waals surface area (Å²) in [5.74, 6) is 1.14. The molecule has 1 aromatic heterocycles. The molecule has 106 valence electrons. The summed E-state index contributed by atoms with van der Waals surface area (Å²) < 4.78 is 0. The number of fused-ring (bicyclic) bond motifs is 1. The first-order valence-corrected chi connectivity index (χ1v) is 8.55. The van der Waals surface area contributed by atoms with Gasteiger partial charge in [-0.1, -0.05) is 31.0 Å². The molecule has 1 aliphatic carbocycles. The third kappa shape index (κ3) is 3.15. The second kappa shape index (κ2) is 6.59. The number of hydrogen-bond donors (Lipinski definition) is 1. The van der Waals surface area contributed by atoms with Crippen LogP contribution in [0.4, 0.5) is 0 Å². The Bertz CT molecular complexity index is 564. The molecule has 1 fully saturated rings. The molecule has 1 unspecified atom stereocenters. The number of thioether (sulfide) groups is 1. The fourth-order valence-electron chi connectivity index (χ4n) is 2.91. The molecule has 0 amide bonds. The SMILES string of the molecule is CNC(CSC1CCCC1)c1cnc2ccccc2c1. The third-order valence-electron chi connectivity index (χ3n) is 4.16. The molecule has 1 heterocycles. The van der Waals surface area contributed by atoms with Crippen molar-refractivity contribution >= 4 is 22.7 Å². The summed E-state index contributed by atoms with van der Waals surface area (Å²) >= 11 is 2.13. The molecule has 3 heteroatoms. The Labute approximate surface area is 125 Å². The lowest BCUT2D eigenvalue weighted by molar-refractivity contribution is 0.658. The van der Waals surface area contributed by atoms with E-state index < -0.39 is 0 Å². The molecule has 1 N–H and O–H groups in total. The Morgan fingerprint density at radius 1 is 1.30 bits per heavy atom. The number of rotatable bonds is 5. The maximum absolute atomic E-state index is 4.58. The van der Waals surface area contributed by atoms with E-state index in [4.69, 9.17) is 0 Å². The van der Waals surface area contributed by atoms with Crippen LogP contribution in [0.25, 0.3) is 10.9 Å². The molecule has 20 heavy (non-hydrogen) atoms. The smallest absolute Gasteiger partial charge is 0.0702 e. The molecule has 0 spiro atoms. The lowest BCUT2D eigenvalue weighted by atomic mass is 10.1. The first-order chi connectivity index (χ1) is 9.86. The number of hydrogen-bond acceptors (Lipinski definition) is 3. The van der Waals surface area contributed by atoms with Gasteiger partial charge in [-0.05, 0) is 37.6 Å². The molecule has 1 atom stereocenters. The molecular weight excluding hydrogens is 264 g/mol. The molecule has 1 aliphatic rings. The Morgan fingerprint density at radius 3 is 2.90 bits per heavy atom. The van der Waals surface area contributed by atoms with Crippen molar-refractivity contribution in [2.75, 3.05) is 12.8 Å². The van der Waals surface area contributed by atoms with Crippen LogP contribution in [0.5, 0.6) is 0 Å². The lowest BCUT2D eigenvalue weighted by Gasteiger charge is -2.18. The van der Waals surface area contributed by atoms with E-state index in [0.29, 0.717) is 6.04 Å². The monoisotopic (exact) mass is 286 g/mol. The summed E-state index contributed by atoms with van der Waals surface area (Å²) in [4.78, 5) is 4.58. The molecule has 0 radical (unpaired) electrons. The summed E-state index contributed by atoms with van der Waals surface area (Å²) in [6.45, 7) is 0. The van der Waals surface area contributed by atoms with Crippen LogP contribution in [0.1, 0.15) is 37.3 Å². The van der Waals surface area contributed by atoms with Crippen molar-refractivity contribution in [1.29, 1.82) is 0 Å². The van der Waals surface area contributed by atoms with Crippen molar-refractivity contribution in [2.24, 2.45) is 0 Å². The van der Waals surface area contributed by atoms with Crippen molar-refractivity contribution in [3.8, 4) is 0 Å². The molecule has 0 saturated heterocycles. The average molecular weight is 286 g/mol. The van der Waals surface area contributed by atoms with Crippen molar-refractivity contribution in [2.45, 2.75) is 37.0 Å². The van der Waals surface area contributed by atoms with Crippen LogP contribution in [0.3, 0.4) is 0 Å². The maximum atomic E-state index is 4.58. The topological polar surface area (TPSA) is 24.9 Å². The van der Waals surface area contributed by atoms with Crippen molar-refractivity contribution in [1.82, 2.24) is 10.3 Å². The van der Waals surface area contributed by atoms with E-state index in [1.54, 1.807) is 0 Å². The summed E-state index contributed by atoms with van der Waals surface area (Å²) in [7, 11) is 2.05. The van der Waals surface area contributed by atoms with E-state index in [1.165, 1.54) is 36.6 Å². The number of benzene rings is 1. The molecule has 2 aromatic rings. The minimum Gasteiger partial charge on any atom is -0.312 e. The predicted molar refractivity (Wildman–Crippen MR) is 88.3 cm³/mol. The predicted octanol–water partition coefficient (Wildman–Crippen LogP) is 4.17. The van der Waals surface area contributed by atoms with E-state index in [-0.39, 0.29) is 0 Å². The number of pyridine rings is 1. The minimum absolute atomic E-state index is 0.401. The average Bonchev–Trinajstić information content (AvgIpc) is 3.01. The second-order valence-electron chi connectivity index (χ2n) is 5.54. The zero-order chi connectivity index (χ0) is 13.8. The number of aromatic nitrogens is 1. The lowest BCUT2D eigenvalue weighted by Crippen LogP contribution is -2.20. The van der Waals surface area contributed by atoms with E-state index >= 15 is 0 Å². The maximum Gasteiger partial charge on any atom is 0.0702 e. The molecule has 2 nitrogen and oxygen atoms in total. The van der Waals surface area contributed by atoms with Gasteiger partial charge in [0.25, 0.3) is 0 Å². The van der Waals surface area contributed by atoms with Gasteiger partial charge in [0.15, 0.2) is 0 Å². The normalized spacial score (nSPS) is 17.6. The zero-order valence-corrected chi connectivity index (χ0v) is 12.8. The van der Waals surface area contributed by atoms with Gasteiger partial charge in [0, 0.05) is 28.6 Å². The van der Waals surface area contributed by atoms with E-state index in [2.05, 4.69) is 53.4 Å². The van der Waals surface area contributed by atoms with E-state index in [9.17, 15) is 0 Å².